The van der Waals surface area contributed by atoms with E-state index in [1.165, 1.54) is 24.5 Å². The minimum atomic E-state index is -1.15. The minimum Gasteiger partial charge on any atom is -0.478 e. The van der Waals surface area contributed by atoms with Gasteiger partial charge in [-0.25, -0.2) is 4.79 Å². The fraction of sp³-hybridized carbons (Fsp3) is 0.0769. The van der Waals surface area contributed by atoms with Crippen LogP contribution in [0.25, 0.3) is 0 Å². The number of nitrogens with one attached hydrogen (secondary N) is 1. The number of carbonyl (C=O) groups excluding carboxylic acids is 1. The standard InChI is InChI=1S/C13H10ClNO4/c1-7-4-8(6-19-7)12(16)15-9-2-3-11(14)10(5-9)13(17)18/h2-6H,1H3,(H,15,16)(H,17,18). The Morgan fingerprint density at radius 2 is 2.05 bits per heavy atom. The monoisotopic (exact) mass is 279 g/mol. The molecule has 0 saturated carbocycles. The number of hydrogen-bond acceptors (Lipinski definition) is 3. The molecule has 1 aromatic heterocycles. The Labute approximate surface area is 113 Å². The normalized spacial score (nSPS) is 10.2. The van der Waals surface area contributed by atoms with Crippen LogP contribution in [0.3, 0.4) is 0 Å². The summed E-state index contributed by atoms with van der Waals surface area (Å²) in [6.45, 7) is 1.72. The zero-order chi connectivity index (χ0) is 14.0. The lowest BCUT2D eigenvalue weighted by molar-refractivity contribution is 0.0696. The third-order valence-corrected chi connectivity index (χ3v) is 2.78. The van der Waals surface area contributed by atoms with Crippen LogP contribution >= 0.6 is 11.6 Å². The van der Waals surface area contributed by atoms with Gasteiger partial charge in [-0.05, 0) is 31.2 Å². The molecule has 0 aliphatic rings. The second-order valence-electron chi connectivity index (χ2n) is 3.90. The van der Waals surface area contributed by atoms with E-state index in [9.17, 15) is 9.59 Å². The number of aromatic carboxylic acids is 1. The van der Waals surface area contributed by atoms with Crippen LogP contribution in [0, 0.1) is 6.92 Å². The largest absolute Gasteiger partial charge is 0.478 e. The summed E-state index contributed by atoms with van der Waals surface area (Å²) in [6, 6.07) is 5.83. The topological polar surface area (TPSA) is 79.5 Å². The molecule has 6 heteroatoms. The van der Waals surface area contributed by atoms with Crippen LogP contribution in [0.2, 0.25) is 5.02 Å². The van der Waals surface area contributed by atoms with Crippen LogP contribution in [0.1, 0.15) is 26.5 Å². The highest BCUT2D eigenvalue weighted by molar-refractivity contribution is 6.33. The van der Waals surface area contributed by atoms with Crippen LogP contribution in [0.15, 0.2) is 34.9 Å². The van der Waals surface area contributed by atoms with Crippen molar-refractivity contribution in [1.82, 2.24) is 0 Å². The Kier molecular flexibility index (Phi) is 3.57. The zero-order valence-corrected chi connectivity index (χ0v) is 10.7. The van der Waals surface area contributed by atoms with Gasteiger partial charge >= 0.3 is 5.97 Å². The highest BCUT2D eigenvalue weighted by atomic mass is 35.5. The Hall–Kier alpha value is -2.27. The fourth-order valence-corrected chi connectivity index (χ4v) is 1.73. The summed E-state index contributed by atoms with van der Waals surface area (Å²) < 4.78 is 5.03. The fourth-order valence-electron chi connectivity index (χ4n) is 1.53. The van der Waals surface area contributed by atoms with Crippen LogP contribution in [0.5, 0.6) is 0 Å². The zero-order valence-electron chi connectivity index (χ0n) is 9.94. The summed E-state index contributed by atoms with van der Waals surface area (Å²) in [5.41, 5.74) is 0.651. The third-order valence-electron chi connectivity index (χ3n) is 2.45. The van der Waals surface area contributed by atoms with Crippen LogP contribution in [-0.4, -0.2) is 17.0 Å². The predicted molar refractivity (Wildman–Crippen MR) is 69.8 cm³/mol. The molecule has 1 heterocycles. The van der Waals surface area contributed by atoms with E-state index in [4.69, 9.17) is 21.1 Å². The molecule has 0 aliphatic heterocycles. The number of carbonyl (C=O) groups is 2. The predicted octanol–water partition coefficient (Wildman–Crippen LogP) is 3.19. The number of furan rings is 1. The van der Waals surface area contributed by atoms with E-state index in [0.29, 0.717) is 17.0 Å². The molecule has 2 aromatic rings. The van der Waals surface area contributed by atoms with Gasteiger partial charge in [0.1, 0.15) is 12.0 Å². The lowest BCUT2D eigenvalue weighted by Crippen LogP contribution is -2.11. The number of amides is 1. The van der Waals surface area contributed by atoms with Crippen molar-refractivity contribution < 1.29 is 19.1 Å². The van der Waals surface area contributed by atoms with E-state index in [0.717, 1.165) is 0 Å². The number of anilines is 1. The second kappa shape index (κ2) is 5.16. The molecule has 2 rings (SSSR count). The number of carboxylic acid groups (broad SMARTS) is 1. The molecule has 5 nitrogen and oxygen atoms in total. The quantitative estimate of drug-likeness (QED) is 0.904. The lowest BCUT2D eigenvalue weighted by atomic mass is 10.2. The van der Waals surface area contributed by atoms with E-state index in [1.54, 1.807) is 13.0 Å². The van der Waals surface area contributed by atoms with Gasteiger partial charge in [-0.2, -0.15) is 0 Å². The van der Waals surface area contributed by atoms with Crippen molar-refractivity contribution >= 4 is 29.2 Å². The van der Waals surface area contributed by atoms with E-state index in [2.05, 4.69) is 5.32 Å². The maximum atomic E-state index is 11.8. The summed E-state index contributed by atoms with van der Waals surface area (Å²) in [4.78, 5) is 22.8. The van der Waals surface area contributed by atoms with Gasteiger partial charge in [-0.3, -0.25) is 4.79 Å². The molecule has 0 saturated heterocycles. The average molecular weight is 280 g/mol. The Morgan fingerprint density at radius 3 is 2.63 bits per heavy atom. The van der Waals surface area contributed by atoms with Gasteiger partial charge < -0.3 is 14.8 Å². The van der Waals surface area contributed by atoms with Crippen molar-refractivity contribution in [2.75, 3.05) is 5.32 Å². The molecule has 19 heavy (non-hydrogen) atoms. The molecule has 0 radical (unpaired) electrons. The first kappa shape index (κ1) is 13.2. The van der Waals surface area contributed by atoms with Gasteiger partial charge in [0.25, 0.3) is 5.91 Å². The summed E-state index contributed by atoms with van der Waals surface area (Å²) in [5, 5.41) is 11.6. The molecule has 0 aliphatic carbocycles. The summed E-state index contributed by atoms with van der Waals surface area (Å²) >= 11 is 5.74. The van der Waals surface area contributed by atoms with Crippen molar-refractivity contribution in [2.24, 2.45) is 0 Å². The highest BCUT2D eigenvalue weighted by Gasteiger charge is 2.12. The smallest absolute Gasteiger partial charge is 0.337 e. The maximum absolute atomic E-state index is 11.8. The van der Waals surface area contributed by atoms with E-state index in [-0.39, 0.29) is 16.5 Å². The molecule has 98 valence electrons. The van der Waals surface area contributed by atoms with Gasteiger partial charge in [0.05, 0.1) is 16.1 Å². The van der Waals surface area contributed by atoms with Crippen molar-refractivity contribution in [3.63, 3.8) is 0 Å². The average Bonchev–Trinajstić information content (AvgIpc) is 2.78. The van der Waals surface area contributed by atoms with Crippen LogP contribution in [-0.2, 0) is 0 Å². The van der Waals surface area contributed by atoms with Crippen LogP contribution in [0.4, 0.5) is 5.69 Å². The van der Waals surface area contributed by atoms with Crippen molar-refractivity contribution in [1.29, 1.82) is 0 Å². The number of carboxylic acids is 1. The van der Waals surface area contributed by atoms with Crippen molar-refractivity contribution in [3.8, 4) is 0 Å². The van der Waals surface area contributed by atoms with E-state index >= 15 is 0 Å². The number of benzene rings is 1. The van der Waals surface area contributed by atoms with Gasteiger partial charge in [-0.15, -0.1) is 0 Å². The molecule has 0 spiro atoms. The summed E-state index contributed by atoms with van der Waals surface area (Å²) in [6.07, 6.45) is 1.33. The molecule has 2 N–H and O–H groups in total. The second-order valence-corrected chi connectivity index (χ2v) is 4.31. The number of hydrogen-bond donors (Lipinski definition) is 2. The van der Waals surface area contributed by atoms with E-state index < -0.39 is 5.97 Å². The first-order chi connectivity index (χ1) is 8.97. The van der Waals surface area contributed by atoms with Gasteiger partial charge in [0, 0.05) is 5.69 Å². The number of aryl methyl sites for hydroxylation is 1. The first-order valence-corrected chi connectivity index (χ1v) is 5.74. The minimum absolute atomic E-state index is 0.0668. The van der Waals surface area contributed by atoms with Gasteiger partial charge in [0.15, 0.2) is 0 Å². The Balaban J connectivity index is 2.22. The van der Waals surface area contributed by atoms with Gasteiger partial charge in [-0.1, -0.05) is 11.6 Å². The molecule has 1 aromatic carbocycles. The summed E-state index contributed by atoms with van der Waals surface area (Å²) in [7, 11) is 0. The molecule has 1 amide bonds. The summed E-state index contributed by atoms with van der Waals surface area (Å²) in [5.74, 6) is -0.914. The maximum Gasteiger partial charge on any atom is 0.337 e. The molecular weight excluding hydrogens is 270 g/mol. The van der Waals surface area contributed by atoms with Crippen molar-refractivity contribution in [3.05, 3.63) is 52.4 Å². The van der Waals surface area contributed by atoms with E-state index in [1.807, 2.05) is 0 Å². The molecule has 0 unspecified atom stereocenters. The first-order valence-electron chi connectivity index (χ1n) is 5.36. The van der Waals surface area contributed by atoms with Gasteiger partial charge in [0.2, 0.25) is 0 Å². The van der Waals surface area contributed by atoms with Crippen molar-refractivity contribution in [2.45, 2.75) is 6.92 Å². The Morgan fingerprint density at radius 1 is 1.32 bits per heavy atom. The Bertz CT molecular complexity index is 648. The molecule has 0 fully saturated rings. The molecule has 0 atom stereocenters. The molecule has 0 bridgehead atoms. The molecular formula is C13H10ClNO4. The number of rotatable bonds is 3. The number of halogens is 1. The third kappa shape index (κ3) is 2.95. The lowest BCUT2D eigenvalue weighted by Gasteiger charge is -2.05. The SMILES string of the molecule is Cc1cc(C(=O)Nc2ccc(Cl)c(C(=O)O)c2)co1. The highest BCUT2D eigenvalue weighted by Crippen LogP contribution is 2.21. The van der Waals surface area contributed by atoms with Crippen LogP contribution < -0.4 is 5.32 Å².